The van der Waals surface area contributed by atoms with Gasteiger partial charge in [-0.2, -0.15) is 10.0 Å². The van der Waals surface area contributed by atoms with E-state index in [-0.39, 0.29) is 30.7 Å². The summed E-state index contributed by atoms with van der Waals surface area (Å²) >= 11 is 2.34. The van der Waals surface area contributed by atoms with Gasteiger partial charge in [0, 0.05) is 26.8 Å². The van der Waals surface area contributed by atoms with Crippen molar-refractivity contribution in [3.05, 3.63) is 42.0 Å². The molecule has 2 aliphatic rings. The van der Waals surface area contributed by atoms with E-state index in [1.54, 1.807) is 35.1 Å². The summed E-state index contributed by atoms with van der Waals surface area (Å²) in [6, 6.07) is 10.7. The Kier molecular flexibility index (Phi) is 19.8. The lowest BCUT2D eigenvalue weighted by atomic mass is 9.84. The summed E-state index contributed by atoms with van der Waals surface area (Å²) in [5.41, 5.74) is 3.31. The molecule has 2 aromatic carbocycles. The zero-order valence-corrected chi connectivity index (χ0v) is 35.3. The van der Waals surface area contributed by atoms with Crippen molar-refractivity contribution in [2.75, 3.05) is 19.4 Å². The molecule has 18 heteroatoms. The monoisotopic (exact) mass is 915 g/mol. The molecule has 6 rings (SSSR count). The summed E-state index contributed by atoms with van der Waals surface area (Å²) < 4.78 is 54.0. The first-order chi connectivity index (χ1) is 25.2. The third-order valence-corrected chi connectivity index (χ3v) is 12.0. The van der Waals surface area contributed by atoms with Crippen molar-refractivity contribution in [1.82, 2.24) is 50.3 Å². The van der Waals surface area contributed by atoms with E-state index in [0.717, 1.165) is 40.0 Å². The molecule has 55 heavy (non-hydrogen) atoms. The van der Waals surface area contributed by atoms with Gasteiger partial charge in [0.25, 0.3) is 0 Å². The number of tetrazole rings is 2. The van der Waals surface area contributed by atoms with Crippen molar-refractivity contribution < 1.29 is 16.8 Å². The van der Waals surface area contributed by atoms with E-state index in [4.69, 9.17) is 0 Å². The molecule has 2 heterocycles. The third kappa shape index (κ3) is 14.1. The average molecular weight is 916 g/mol. The fourth-order valence-corrected chi connectivity index (χ4v) is 7.85. The van der Waals surface area contributed by atoms with Crippen LogP contribution >= 0.6 is 22.6 Å². The molecule has 2 fully saturated rings. The van der Waals surface area contributed by atoms with Crippen LogP contribution in [0.15, 0.2) is 46.2 Å². The van der Waals surface area contributed by atoms with Crippen LogP contribution < -0.4 is 14.8 Å². The van der Waals surface area contributed by atoms with Crippen LogP contribution in [0.25, 0.3) is 22.8 Å². The van der Waals surface area contributed by atoms with E-state index in [0.29, 0.717) is 29.2 Å². The SMILES string of the molecule is C.C.CC(C)I.CNS(=O)(=O)c1ccc(CC2CCCCC2)c(-c2nnn(C(C)C)n2)c1.CNS(=O)(=O)c1ccc(NC2CCCCC2)c(-c2nn[nH]n2)c1. The van der Waals surface area contributed by atoms with Crippen LogP contribution in [0.4, 0.5) is 5.69 Å². The molecule has 0 aliphatic heterocycles. The van der Waals surface area contributed by atoms with Crippen molar-refractivity contribution in [1.29, 1.82) is 0 Å². The van der Waals surface area contributed by atoms with E-state index in [2.05, 4.69) is 87.2 Å². The second-order valence-corrected chi connectivity index (χ2v) is 20.2. The Balaban J connectivity index is 0.000000337. The molecule has 0 bridgehead atoms. The second-order valence-electron chi connectivity index (χ2n) is 13.9. The van der Waals surface area contributed by atoms with E-state index >= 15 is 0 Å². The zero-order valence-electron chi connectivity index (χ0n) is 31.5. The molecule has 0 radical (unpaired) electrons. The van der Waals surface area contributed by atoms with Gasteiger partial charge in [0.15, 0.2) is 0 Å². The number of alkyl halides is 1. The molecule has 0 spiro atoms. The molecule has 2 saturated carbocycles. The Morgan fingerprint density at radius 1 is 0.782 bits per heavy atom. The lowest BCUT2D eigenvalue weighted by Crippen LogP contribution is -2.23. The van der Waals surface area contributed by atoms with Gasteiger partial charge in [-0.25, -0.2) is 26.3 Å². The molecule has 0 atom stereocenters. The van der Waals surface area contributed by atoms with Crippen LogP contribution in [-0.2, 0) is 26.5 Å². The maximum Gasteiger partial charge on any atom is 0.240 e. The molecular weight excluding hydrogens is 854 g/mol. The van der Waals surface area contributed by atoms with E-state index in [1.807, 2.05) is 19.9 Å². The Hall–Kier alpha value is -3.07. The van der Waals surface area contributed by atoms with Crippen molar-refractivity contribution in [3.8, 4) is 22.8 Å². The van der Waals surface area contributed by atoms with Crippen molar-refractivity contribution in [2.24, 2.45) is 5.92 Å². The van der Waals surface area contributed by atoms with E-state index in [9.17, 15) is 16.8 Å². The van der Waals surface area contributed by atoms with Gasteiger partial charge in [-0.1, -0.05) is 109 Å². The first-order valence-electron chi connectivity index (χ1n) is 18.3. The van der Waals surface area contributed by atoms with Crippen molar-refractivity contribution in [2.45, 2.75) is 139 Å². The summed E-state index contributed by atoms with van der Waals surface area (Å²) in [5.74, 6) is 1.49. The predicted octanol–water partition coefficient (Wildman–Crippen LogP) is 7.57. The number of nitrogens with zero attached hydrogens (tertiary/aromatic N) is 7. The number of anilines is 1. The largest absolute Gasteiger partial charge is 0.382 e. The highest BCUT2D eigenvalue weighted by atomic mass is 127. The summed E-state index contributed by atoms with van der Waals surface area (Å²) in [5, 5.41) is 30.2. The van der Waals surface area contributed by atoms with E-state index < -0.39 is 20.0 Å². The van der Waals surface area contributed by atoms with Crippen LogP contribution in [0.5, 0.6) is 0 Å². The molecule has 0 amide bonds. The number of aromatic amines is 1. The Morgan fingerprint density at radius 3 is 1.84 bits per heavy atom. The fraction of sp³-hybridized carbons (Fsp3) is 0.622. The van der Waals surface area contributed by atoms with Gasteiger partial charge < -0.3 is 5.32 Å². The molecule has 15 nitrogen and oxygen atoms in total. The highest BCUT2D eigenvalue weighted by Crippen LogP contribution is 2.33. The van der Waals surface area contributed by atoms with Gasteiger partial charge in [0.1, 0.15) is 0 Å². The summed E-state index contributed by atoms with van der Waals surface area (Å²) in [6.45, 7) is 8.27. The normalized spacial score (nSPS) is 15.2. The highest BCUT2D eigenvalue weighted by Gasteiger charge is 2.22. The molecule has 2 aromatic heterocycles. The third-order valence-electron chi connectivity index (χ3n) is 9.15. The molecular formula is C37H62IN11O4S2. The summed E-state index contributed by atoms with van der Waals surface area (Å²) in [7, 11) is -4.25. The van der Waals surface area contributed by atoms with Crippen LogP contribution in [0.1, 0.15) is 118 Å². The topological polar surface area (TPSA) is 202 Å². The highest BCUT2D eigenvalue weighted by molar-refractivity contribution is 14.1. The van der Waals surface area contributed by atoms with Gasteiger partial charge in [0.05, 0.1) is 15.8 Å². The quantitative estimate of drug-likeness (QED) is 0.0854. The fourth-order valence-electron chi connectivity index (χ4n) is 6.34. The summed E-state index contributed by atoms with van der Waals surface area (Å²) in [6.07, 6.45) is 13.1. The van der Waals surface area contributed by atoms with Crippen LogP contribution in [0, 0.1) is 5.92 Å². The number of H-pyrrole nitrogens is 1. The first-order valence-corrected chi connectivity index (χ1v) is 22.5. The van der Waals surface area contributed by atoms with Crippen LogP contribution in [0.2, 0.25) is 0 Å². The molecule has 0 saturated heterocycles. The van der Waals surface area contributed by atoms with Gasteiger partial charge in [0.2, 0.25) is 31.7 Å². The number of halogens is 1. The minimum absolute atomic E-state index is 0. The lowest BCUT2D eigenvalue weighted by Gasteiger charge is -2.25. The first kappa shape index (κ1) is 48.1. The van der Waals surface area contributed by atoms with Crippen LogP contribution in [-0.4, -0.2) is 81.7 Å². The number of hydrogen-bond acceptors (Lipinski definition) is 11. The van der Waals surface area contributed by atoms with Gasteiger partial charge in [-0.05, 0) is 99.4 Å². The van der Waals surface area contributed by atoms with Crippen molar-refractivity contribution >= 4 is 48.3 Å². The lowest BCUT2D eigenvalue weighted by molar-refractivity contribution is 0.357. The number of hydrogen-bond donors (Lipinski definition) is 4. The number of benzene rings is 2. The molecule has 2 aliphatic carbocycles. The molecule has 0 unspecified atom stereocenters. The number of sulfonamides is 2. The number of nitrogens with one attached hydrogen (secondary N) is 4. The predicted molar refractivity (Wildman–Crippen MR) is 229 cm³/mol. The Morgan fingerprint density at radius 2 is 1.33 bits per heavy atom. The smallest absolute Gasteiger partial charge is 0.240 e. The standard InChI is InChI=1S/C18H27N5O2S.C14H20N6O2S.C3H7I.2CH4/c1-13(2)23-21-18(20-22-23)17-12-16(26(24,25)19-3)10-9-15(17)11-14-7-5-4-6-8-14;1-15-23(21,22)11-7-8-13(16-10-5-3-2-4-6-10)12(9-11)14-17-19-20-18-14;1-3(2)4;;/h9-10,12-14,19H,4-8,11H2,1-3H3;7-10,15-16H,2-6H2,1H3,(H,17,18,19,20);3H,1-2H3;2*1H4. The zero-order chi connectivity index (χ0) is 38.6. The van der Waals surface area contributed by atoms with Gasteiger partial charge in [-0.15, -0.1) is 20.4 Å². The maximum atomic E-state index is 12.2. The minimum atomic E-state index is -3.53. The minimum Gasteiger partial charge on any atom is -0.382 e. The maximum absolute atomic E-state index is 12.2. The van der Waals surface area contributed by atoms with Gasteiger partial charge in [-0.3, -0.25) is 0 Å². The van der Waals surface area contributed by atoms with Gasteiger partial charge >= 0.3 is 0 Å². The van der Waals surface area contributed by atoms with Crippen LogP contribution in [0.3, 0.4) is 0 Å². The average Bonchev–Trinajstić information content (AvgIpc) is 3.87. The van der Waals surface area contributed by atoms with Crippen molar-refractivity contribution in [3.63, 3.8) is 0 Å². The number of rotatable bonds is 11. The molecule has 4 N–H and O–H groups in total. The summed E-state index contributed by atoms with van der Waals surface area (Å²) in [4.78, 5) is 1.95. The molecule has 308 valence electrons. The Labute approximate surface area is 342 Å². The van der Waals surface area contributed by atoms with E-state index in [1.165, 1.54) is 65.5 Å². The number of aromatic nitrogens is 8. The molecule has 4 aromatic rings. The second kappa shape index (κ2) is 22.6. The Bertz CT molecular complexity index is 1940.